The highest BCUT2D eigenvalue weighted by Gasteiger charge is 2.25. The molecule has 2 saturated heterocycles. The van der Waals surface area contributed by atoms with E-state index in [0.29, 0.717) is 0 Å². The summed E-state index contributed by atoms with van der Waals surface area (Å²) in [5, 5.41) is 6.36. The van der Waals surface area contributed by atoms with Gasteiger partial charge in [0.25, 0.3) is 0 Å². The lowest BCUT2D eigenvalue weighted by molar-refractivity contribution is 0.0988. The van der Waals surface area contributed by atoms with Gasteiger partial charge in [0.15, 0.2) is 0 Å². The van der Waals surface area contributed by atoms with E-state index in [1.54, 1.807) is 11.3 Å². The molecule has 0 saturated carbocycles. The lowest BCUT2D eigenvalue weighted by atomic mass is 10.2. The molecule has 5 heteroatoms. The van der Waals surface area contributed by atoms with Crippen molar-refractivity contribution in [1.29, 1.82) is 0 Å². The standard InChI is InChI=1S/C13H20ClN3S/c14-11-7-13(18-10-11)9-16-3-5-17(6-4-16)12-1-2-15-8-12/h7,10,12,15H,1-6,8-9H2. The molecule has 1 N–H and O–H groups in total. The van der Waals surface area contributed by atoms with E-state index in [1.165, 1.54) is 50.6 Å². The Morgan fingerprint density at radius 3 is 2.78 bits per heavy atom. The van der Waals surface area contributed by atoms with Gasteiger partial charge in [0.1, 0.15) is 0 Å². The average molecular weight is 286 g/mol. The molecule has 0 aromatic carbocycles. The maximum absolute atomic E-state index is 5.96. The van der Waals surface area contributed by atoms with Crippen LogP contribution in [0.1, 0.15) is 11.3 Å². The van der Waals surface area contributed by atoms with Gasteiger partial charge in [-0.05, 0) is 19.0 Å². The van der Waals surface area contributed by atoms with E-state index in [2.05, 4.69) is 21.2 Å². The second-order valence-corrected chi connectivity index (χ2v) is 6.62. The van der Waals surface area contributed by atoms with Crippen molar-refractivity contribution in [3.63, 3.8) is 0 Å². The Kier molecular flexibility index (Phi) is 4.21. The van der Waals surface area contributed by atoms with Gasteiger partial charge in [-0.2, -0.15) is 0 Å². The van der Waals surface area contributed by atoms with Gasteiger partial charge in [0.2, 0.25) is 0 Å². The predicted molar refractivity (Wildman–Crippen MR) is 77.5 cm³/mol. The number of hydrogen-bond donors (Lipinski definition) is 1. The first-order valence-electron chi connectivity index (χ1n) is 6.71. The second kappa shape index (κ2) is 5.88. The molecule has 3 rings (SSSR count). The van der Waals surface area contributed by atoms with Crippen LogP contribution < -0.4 is 5.32 Å². The topological polar surface area (TPSA) is 18.5 Å². The third kappa shape index (κ3) is 3.06. The number of piperazine rings is 1. The molecule has 1 unspecified atom stereocenters. The fourth-order valence-corrected chi connectivity index (χ4v) is 4.01. The molecule has 3 nitrogen and oxygen atoms in total. The SMILES string of the molecule is Clc1csc(CN2CCN(C3CCNC3)CC2)c1. The number of thiophene rings is 1. The van der Waals surface area contributed by atoms with Crippen LogP contribution >= 0.6 is 22.9 Å². The molecule has 18 heavy (non-hydrogen) atoms. The Balaban J connectivity index is 1.47. The Morgan fingerprint density at radius 2 is 2.17 bits per heavy atom. The molecular weight excluding hydrogens is 266 g/mol. The van der Waals surface area contributed by atoms with Gasteiger partial charge in [-0.25, -0.2) is 0 Å². The molecule has 100 valence electrons. The first-order chi connectivity index (χ1) is 8.81. The lowest BCUT2D eigenvalue weighted by Crippen LogP contribution is -2.50. The van der Waals surface area contributed by atoms with Gasteiger partial charge in [0.05, 0.1) is 5.02 Å². The minimum atomic E-state index is 0.781. The summed E-state index contributed by atoms with van der Waals surface area (Å²) in [7, 11) is 0. The summed E-state index contributed by atoms with van der Waals surface area (Å²) >= 11 is 7.74. The Hall–Kier alpha value is -0.130. The first-order valence-corrected chi connectivity index (χ1v) is 7.97. The third-order valence-electron chi connectivity index (χ3n) is 3.96. The number of rotatable bonds is 3. The molecule has 0 aliphatic carbocycles. The van der Waals surface area contributed by atoms with Crippen LogP contribution in [0.25, 0.3) is 0 Å². The average Bonchev–Trinajstić information content (AvgIpc) is 3.02. The van der Waals surface area contributed by atoms with Crippen molar-refractivity contribution in [2.45, 2.75) is 19.0 Å². The molecule has 3 heterocycles. The Labute approximate surface area is 118 Å². The number of halogens is 1. The Bertz CT molecular complexity index is 381. The molecular formula is C13H20ClN3S. The molecule has 0 radical (unpaired) electrons. The molecule has 1 aromatic heterocycles. The zero-order valence-electron chi connectivity index (χ0n) is 10.6. The van der Waals surface area contributed by atoms with Crippen LogP contribution in [0.5, 0.6) is 0 Å². The molecule has 1 atom stereocenters. The summed E-state index contributed by atoms with van der Waals surface area (Å²) in [6.07, 6.45) is 1.32. The summed E-state index contributed by atoms with van der Waals surface area (Å²) in [5.41, 5.74) is 0. The van der Waals surface area contributed by atoms with Gasteiger partial charge in [-0.3, -0.25) is 9.80 Å². The summed E-state index contributed by atoms with van der Waals surface area (Å²) < 4.78 is 0. The molecule has 0 amide bonds. The number of nitrogens with one attached hydrogen (secondary N) is 1. The highest BCUT2D eigenvalue weighted by Crippen LogP contribution is 2.21. The monoisotopic (exact) mass is 285 g/mol. The summed E-state index contributed by atoms with van der Waals surface area (Å²) in [6.45, 7) is 8.24. The van der Waals surface area contributed by atoms with Gasteiger partial charge in [0, 0.05) is 55.6 Å². The summed E-state index contributed by atoms with van der Waals surface area (Å²) in [4.78, 5) is 6.58. The highest BCUT2D eigenvalue weighted by molar-refractivity contribution is 7.10. The predicted octanol–water partition coefficient (Wildman–Crippen LogP) is 1.88. The number of nitrogens with zero attached hydrogens (tertiary/aromatic N) is 2. The van der Waals surface area contributed by atoms with Gasteiger partial charge >= 0.3 is 0 Å². The normalized spacial score (nSPS) is 26.8. The third-order valence-corrected chi connectivity index (χ3v) is 5.23. The summed E-state index contributed by atoms with van der Waals surface area (Å²) in [5.74, 6) is 0. The van der Waals surface area contributed by atoms with E-state index in [-0.39, 0.29) is 0 Å². The minimum Gasteiger partial charge on any atom is -0.315 e. The molecule has 2 fully saturated rings. The molecule has 0 bridgehead atoms. The van der Waals surface area contributed by atoms with Crippen LogP contribution in [0.4, 0.5) is 0 Å². The van der Waals surface area contributed by atoms with Crippen LogP contribution in [0.3, 0.4) is 0 Å². The van der Waals surface area contributed by atoms with Gasteiger partial charge in [-0.15, -0.1) is 11.3 Å². The Morgan fingerprint density at radius 1 is 1.33 bits per heavy atom. The fourth-order valence-electron chi connectivity index (χ4n) is 2.89. The first kappa shape index (κ1) is 12.9. The van der Waals surface area contributed by atoms with Crippen LogP contribution in [0.15, 0.2) is 11.4 Å². The fraction of sp³-hybridized carbons (Fsp3) is 0.692. The molecule has 1 aromatic rings. The number of hydrogen-bond acceptors (Lipinski definition) is 4. The van der Waals surface area contributed by atoms with Crippen molar-refractivity contribution >= 4 is 22.9 Å². The zero-order chi connectivity index (χ0) is 12.4. The molecule has 0 spiro atoms. The van der Waals surface area contributed by atoms with Crippen LogP contribution in [0.2, 0.25) is 5.02 Å². The van der Waals surface area contributed by atoms with Crippen molar-refractivity contribution in [2.24, 2.45) is 0 Å². The summed E-state index contributed by atoms with van der Waals surface area (Å²) in [6, 6.07) is 2.88. The van der Waals surface area contributed by atoms with Crippen LogP contribution in [0, 0.1) is 0 Å². The van der Waals surface area contributed by atoms with E-state index < -0.39 is 0 Å². The van der Waals surface area contributed by atoms with E-state index in [1.807, 2.05) is 5.38 Å². The van der Waals surface area contributed by atoms with E-state index in [4.69, 9.17) is 11.6 Å². The van der Waals surface area contributed by atoms with Gasteiger partial charge < -0.3 is 5.32 Å². The lowest BCUT2D eigenvalue weighted by Gasteiger charge is -2.37. The van der Waals surface area contributed by atoms with E-state index >= 15 is 0 Å². The van der Waals surface area contributed by atoms with E-state index in [0.717, 1.165) is 17.6 Å². The largest absolute Gasteiger partial charge is 0.315 e. The van der Waals surface area contributed by atoms with Crippen LogP contribution in [-0.2, 0) is 6.54 Å². The maximum Gasteiger partial charge on any atom is 0.0516 e. The van der Waals surface area contributed by atoms with Crippen molar-refractivity contribution in [3.8, 4) is 0 Å². The van der Waals surface area contributed by atoms with Crippen molar-refractivity contribution < 1.29 is 0 Å². The van der Waals surface area contributed by atoms with E-state index in [9.17, 15) is 0 Å². The van der Waals surface area contributed by atoms with Crippen molar-refractivity contribution in [3.05, 3.63) is 21.3 Å². The van der Waals surface area contributed by atoms with Crippen molar-refractivity contribution in [2.75, 3.05) is 39.3 Å². The van der Waals surface area contributed by atoms with Gasteiger partial charge in [-0.1, -0.05) is 11.6 Å². The van der Waals surface area contributed by atoms with Crippen LogP contribution in [-0.4, -0.2) is 55.1 Å². The zero-order valence-corrected chi connectivity index (χ0v) is 12.1. The maximum atomic E-state index is 5.96. The van der Waals surface area contributed by atoms with Crippen molar-refractivity contribution in [1.82, 2.24) is 15.1 Å². The quantitative estimate of drug-likeness (QED) is 0.915. The second-order valence-electron chi connectivity index (χ2n) is 5.19. The molecule has 2 aliphatic rings. The highest BCUT2D eigenvalue weighted by atomic mass is 35.5. The minimum absolute atomic E-state index is 0.781. The smallest absolute Gasteiger partial charge is 0.0516 e. The molecule has 2 aliphatic heterocycles.